The third-order valence-corrected chi connectivity index (χ3v) is 9.76. The molecule has 5 heterocycles. The molecule has 0 saturated heterocycles. The van der Waals surface area contributed by atoms with Crippen molar-refractivity contribution in [2.24, 2.45) is 0 Å². The molecule has 16 heteroatoms. The molecule has 7 aromatic rings. The molecule has 3 aromatic heterocycles. The van der Waals surface area contributed by atoms with Gasteiger partial charge in [0.05, 0.1) is 42.7 Å². The van der Waals surface area contributed by atoms with Gasteiger partial charge in [-0.2, -0.15) is 0 Å². The number of aliphatic hydroxyl groups is 1. The molecular weight excluding hydrogens is 782 g/mol. The van der Waals surface area contributed by atoms with Crippen LogP contribution in [0.3, 0.4) is 0 Å². The van der Waals surface area contributed by atoms with Gasteiger partial charge in [0.15, 0.2) is 0 Å². The Balaban J connectivity index is 0.000000259. The summed E-state index contributed by atoms with van der Waals surface area (Å²) in [5.74, 6) is 2.21. The van der Waals surface area contributed by atoms with E-state index < -0.39 is 28.3 Å². The summed E-state index contributed by atoms with van der Waals surface area (Å²) in [4.78, 5) is 50.7. The first kappa shape index (κ1) is 38.2. The van der Waals surface area contributed by atoms with Crippen LogP contribution in [-0.4, -0.2) is 78.8 Å². The number of carbonyl (C=O) groups is 1. The second-order valence-electron chi connectivity index (χ2n) is 13.7. The number of aromatic nitrogens is 8. The summed E-state index contributed by atoms with van der Waals surface area (Å²) in [6.45, 7) is 4.15. The van der Waals surface area contributed by atoms with Crippen LogP contribution in [0.25, 0.3) is 89.7 Å². The van der Waals surface area contributed by atoms with Crippen LogP contribution in [0.2, 0.25) is 0 Å². The van der Waals surface area contributed by atoms with Crippen LogP contribution in [0.5, 0.6) is 0 Å². The van der Waals surface area contributed by atoms with Crippen LogP contribution in [0.15, 0.2) is 97.1 Å². The van der Waals surface area contributed by atoms with E-state index in [4.69, 9.17) is 49.7 Å². The zero-order chi connectivity index (χ0) is 38.5. The Labute approximate surface area is 331 Å². The van der Waals surface area contributed by atoms with Gasteiger partial charge in [0.25, 0.3) is 0 Å². The number of hydrogen-bond acceptors (Lipinski definition) is 11. The number of ether oxygens (including phenoxy) is 1. The molecule has 0 fully saturated rings. The summed E-state index contributed by atoms with van der Waals surface area (Å²) in [6, 6.07) is 31.8. The number of rotatable bonds is 3. The molecule has 56 heavy (non-hydrogen) atoms. The quantitative estimate of drug-likeness (QED) is 0.196. The van der Waals surface area contributed by atoms with E-state index in [-0.39, 0.29) is 23.6 Å². The van der Waals surface area contributed by atoms with E-state index in [0.29, 0.717) is 50.2 Å². The molecule has 8 bridgehead atoms. The molecule has 1 radical (unpaired) electrons. The van der Waals surface area contributed by atoms with E-state index in [1.54, 1.807) is 20.8 Å². The van der Waals surface area contributed by atoms with Gasteiger partial charge in [-0.3, -0.25) is 0 Å². The fraction of sp³-hybridized carbons (Fsp3) is 0.175. The number of fused-ring (bicyclic) bond motifs is 20. The summed E-state index contributed by atoms with van der Waals surface area (Å²) in [6.07, 6.45) is -0.0916. The van der Waals surface area contributed by atoms with Gasteiger partial charge < -0.3 is 39.7 Å². The van der Waals surface area contributed by atoms with Crippen molar-refractivity contribution in [3.63, 3.8) is 0 Å². The number of carbonyl (C=O) groups excluding carboxylic acids is 1. The Morgan fingerprint density at radius 3 is 1.18 bits per heavy atom. The first-order chi connectivity index (χ1) is 26.4. The van der Waals surface area contributed by atoms with E-state index in [0.717, 1.165) is 50.1 Å². The molecule has 9 rings (SSSR count). The molecule has 0 atom stereocenters. The number of hydrogen-bond donors (Lipinski definition) is 1. The van der Waals surface area contributed by atoms with Crippen LogP contribution in [0.1, 0.15) is 20.8 Å². The molecule has 1 amide bonds. The molecule has 285 valence electrons. The average molecular weight is 815 g/mol. The zero-order valence-corrected chi connectivity index (χ0v) is 32.2. The van der Waals surface area contributed by atoms with Crippen molar-refractivity contribution in [3.05, 3.63) is 97.1 Å². The summed E-state index contributed by atoms with van der Waals surface area (Å²) < 4.78 is 27.7. The Bertz CT molecular complexity index is 2620. The topological polar surface area (TPSA) is 189 Å². The van der Waals surface area contributed by atoms with Gasteiger partial charge in [-0.15, -0.1) is 0 Å². The zero-order valence-electron chi connectivity index (χ0n) is 30.5. The summed E-state index contributed by atoms with van der Waals surface area (Å²) in [7, 11) is -3.70. The minimum Gasteiger partial charge on any atom is -0.443 e. The minimum atomic E-state index is -3.70. The van der Waals surface area contributed by atoms with Crippen molar-refractivity contribution in [1.82, 2.24) is 44.2 Å². The fourth-order valence-electron chi connectivity index (χ4n) is 6.25. The number of amides is 1. The van der Waals surface area contributed by atoms with E-state index in [1.165, 1.54) is 0 Å². The van der Waals surface area contributed by atoms with Crippen molar-refractivity contribution in [2.45, 2.75) is 26.4 Å². The van der Waals surface area contributed by atoms with Crippen molar-refractivity contribution in [1.29, 1.82) is 0 Å². The van der Waals surface area contributed by atoms with E-state index >= 15 is 0 Å². The molecule has 4 aromatic carbocycles. The minimum absolute atomic E-state index is 0. The Kier molecular flexibility index (Phi) is 10.2. The number of sulfonamides is 1. The Morgan fingerprint density at radius 2 is 0.911 bits per heavy atom. The van der Waals surface area contributed by atoms with Gasteiger partial charge in [-0.1, -0.05) is 97.1 Å². The van der Waals surface area contributed by atoms with Gasteiger partial charge in [-0.25, -0.2) is 27.5 Å². The Hall–Kier alpha value is -6.06. The summed E-state index contributed by atoms with van der Waals surface area (Å²) in [5.41, 5.74) is 5.01. The third kappa shape index (κ3) is 7.34. The molecular formula is C40H33CuN9O5S. The molecule has 0 unspecified atom stereocenters. The van der Waals surface area contributed by atoms with E-state index in [2.05, 4.69) is 0 Å². The van der Waals surface area contributed by atoms with Crippen LogP contribution < -0.4 is 9.97 Å². The maximum absolute atomic E-state index is 11.4. The fourth-order valence-corrected chi connectivity index (χ4v) is 6.98. The van der Waals surface area contributed by atoms with Gasteiger partial charge in [-0.05, 0) is 42.3 Å². The predicted octanol–water partition coefficient (Wildman–Crippen LogP) is 6.30. The van der Waals surface area contributed by atoms with Crippen molar-refractivity contribution >= 4 is 60.3 Å². The largest absolute Gasteiger partial charge is 2.00 e. The van der Waals surface area contributed by atoms with Gasteiger partial charge >= 0.3 is 23.2 Å². The van der Waals surface area contributed by atoms with Gasteiger partial charge in [0.2, 0.25) is 10.0 Å². The van der Waals surface area contributed by atoms with E-state index in [9.17, 15) is 13.2 Å². The number of nitrogens with zero attached hydrogens (tertiary/aromatic N) is 9. The second kappa shape index (κ2) is 14.9. The van der Waals surface area contributed by atoms with E-state index in [1.807, 2.05) is 97.1 Å². The first-order valence-electron chi connectivity index (χ1n) is 17.3. The molecule has 0 aliphatic carbocycles. The normalized spacial score (nSPS) is 11.9. The van der Waals surface area contributed by atoms with Crippen LogP contribution in [0, 0.1) is 0 Å². The van der Waals surface area contributed by atoms with Crippen molar-refractivity contribution in [2.75, 3.05) is 19.4 Å². The average Bonchev–Trinajstić information content (AvgIpc) is 3.89. The predicted molar refractivity (Wildman–Crippen MR) is 209 cm³/mol. The number of benzene rings is 4. The molecule has 0 spiro atoms. The maximum atomic E-state index is 11.4. The maximum Gasteiger partial charge on any atom is 2.00 e. The van der Waals surface area contributed by atoms with Crippen LogP contribution >= 0.6 is 0 Å². The molecule has 1 N–H and O–H groups in total. The first-order valence-corrected chi connectivity index (χ1v) is 19.1. The Morgan fingerprint density at radius 1 is 0.607 bits per heavy atom. The summed E-state index contributed by atoms with van der Waals surface area (Å²) >= 11 is 0. The standard InChI is InChI=1S/C32H16N8.C8H17NO5S.Cu/c1-2-10-18-17(9-1)25-33-26(18)38-28-21-13-5-6-14-22(21)30(35-28)40-32-24-16-8-7-15-23(24)31(36-32)39-29-20-12-4-3-11-19(20)27(34-29)37-25;1-8(2,3)14-7(11)9(5-6-10)15(4,12)13;/h1-16H;10H,5-6H2,1-4H3;/q-2;;+2. The van der Waals surface area contributed by atoms with Gasteiger partial charge in [0, 0.05) is 44.8 Å². The molecule has 2 aliphatic heterocycles. The van der Waals surface area contributed by atoms with Gasteiger partial charge in [0.1, 0.15) is 5.60 Å². The molecule has 2 aliphatic rings. The van der Waals surface area contributed by atoms with Crippen molar-refractivity contribution in [3.8, 4) is 45.6 Å². The molecule has 14 nitrogen and oxygen atoms in total. The third-order valence-electron chi connectivity index (χ3n) is 8.63. The smallest absolute Gasteiger partial charge is 0.443 e. The molecule has 0 saturated carbocycles. The summed E-state index contributed by atoms with van der Waals surface area (Å²) in [5, 5.41) is 12.2. The second-order valence-corrected chi connectivity index (χ2v) is 15.6. The van der Waals surface area contributed by atoms with Crippen LogP contribution in [-0.2, 0) is 31.8 Å². The SMILES string of the molecule is CC(C)(C)OC(=O)N(CCO)S(C)(=O)=O.[Cu+2].c1ccc2c(c1)-c1nc-2nc2[n-]c(nc3nc(nc4[n-]c(n1)c1ccccc41)-c1ccccc1-3)c1ccccc21. The monoisotopic (exact) mass is 814 g/mol. The van der Waals surface area contributed by atoms with Crippen molar-refractivity contribution < 1.29 is 40.1 Å². The number of aliphatic hydroxyl groups excluding tert-OH is 1. The van der Waals surface area contributed by atoms with Crippen LogP contribution in [0.4, 0.5) is 4.79 Å².